The standard InChI is InChI=1S/C20H35N5O8/c1-5-10(4)16(25-17(29)11(21)7-15(27)28)19(31)23-12(6-9(2)3)18(30)24-13(20(32)33)8-14(22)26/h9-13,16H,5-8,21H2,1-4H3,(H2,22,26)(H,23,31)(H,24,30)(H,25,29)(H,27,28)(H,32,33). The predicted molar refractivity (Wildman–Crippen MR) is 116 cm³/mol. The molecule has 0 aromatic carbocycles. The molecule has 0 aliphatic heterocycles. The van der Waals surface area contributed by atoms with Gasteiger partial charge in [0.15, 0.2) is 0 Å². The van der Waals surface area contributed by atoms with E-state index in [2.05, 4.69) is 16.0 Å². The number of primary amides is 1. The molecule has 9 N–H and O–H groups in total. The smallest absolute Gasteiger partial charge is 0.326 e. The molecule has 0 heterocycles. The van der Waals surface area contributed by atoms with Crippen molar-refractivity contribution in [2.75, 3.05) is 0 Å². The van der Waals surface area contributed by atoms with Gasteiger partial charge in [0, 0.05) is 0 Å². The summed E-state index contributed by atoms with van der Waals surface area (Å²) in [5.41, 5.74) is 10.6. The fraction of sp³-hybridized carbons (Fsp3) is 0.700. The van der Waals surface area contributed by atoms with Crippen LogP contribution in [0.25, 0.3) is 0 Å². The second-order valence-electron chi connectivity index (χ2n) is 8.34. The summed E-state index contributed by atoms with van der Waals surface area (Å²) in [6.07, 6.45) is -0.653. The zero-order valence-electron chi connectivity index (χ0n) is 19.3. The third kappa shape index (κ3) is 11.3. The van der Waals surface area contributed by atoms with E-state index < -0.39 is 78.5 Å². The second kappa shape index (κ2) is 14.0. The van der Waals surface area contributed by atoms with Crippen LogP contribution in [-0.2, 0) is 28.8 Å². The van der Waals surface area contributed by atoms with Crippen molar-refractivity contribution >= 4 is 35.6 Å². The molecular formula is C20H35N5O8. The van der Waals surface area contributed by atoms with Crippen LogP contribution in [0.5, 0.6) is 0 Å². The van der Waals surface area contributed by atoms with Crippen LogP contribution in [0.1, 0.15) is 53.4 Å². The summed E-state index contributed by atoms with van der Waals surface area (Å²) in [6, 6.07) is -5.23. The minimum atomic E-state index is -1.57. The van der Waals surface area contributed by atoms with Gasteiger partial charge in [0.05, 0.1) is 18.9 Å². The average Bonchev–Trinajstić information content (AvgIpc) is 2.68. The van der Waals surface area contributed by atoms with E-state index in [0.717, 1.165) is 0 Å². The molecule has 0 saturated heterocycles. The molecule has 33 heavy (non-hydrogen) atoms. The van der Waals surface area contributed by atoms with Crippen molar-refractivity contribution in [2.45, 2.75) is 77.5 Å². The lowest BCUT2D eigenvalue weighted by molar-refractivity contribution is -0.144. The lowest BCUT2D eigenvalue weighted by atomic mass is 9.96. The van der Waals surface area contributed by atoms with Crippen molar-refractivity contribution in [1.29, 1.82) is 0 Å². The molecule has 0 fully saturated rings. The fourth-order valence-corrected chi connectivity index (χ4v) is 2.88. The van der Waals surface area contributed by atoms with Crippen LogP contribution in [-0.4, -0.2) is 69.9 Å². The first kappa shape index (κ1) is 29.8. The summed E-state index contributed by atoms with van der Waals surface area (Å²) in [5, 5.41) is 25.2. The monoisotopic (exact) mass is 473 g/mol. The Morgan fingerprint density at radius 3 is 1.79 bits per heavy atom. The molecule has 5 atom stereocenters. The van der Waals surface area contributed by atoms with Crippen molar-refractivity contribution in [3.63, 3.8) is 0 Å². The molecule has 0 bridgehead atoms. The molecule has 5 unspecified atom stereocenters. The van der Waals surface area contributed by atoms with Gasteiger partial charge in [0.1, 0.15) is 18.1 Å². The predicted octanol–water partition coefficient (Wildman–Crippen LogP) is -1.70. The summed E-state index contributed by atoms with van der Waals surface area (Å²) in [5.74, 6) is -6.53. The number of carbonyl (C=O) groups is 6. The number of nitrogens with two attached hydrogens (primary N) is 2. The first-order valence-corrected chi connectivity index (χ1v) is 10.6. The quantitative estimate of drug-likeness (QED) is 0.143. The molecule has 0 saturated carbocycles. The van der Waals surface area contributed by atoms with Gasteiger partial charge in [-0.05, 0) is 18.3 Å². The Balaban J connectivity index is 5.59. The molecule has 0 radical (unpaired) electrons. The Kier molecular flexibility index (Phi) is 12.7. The Morgan fingerprint density at radius 2 is 1.36 bits per heavy atom. The third-order valence-corrected chi connectivity index (χ3v) is 4.88. The van der Waals surface area contributed by atoms with Crippen LogP contribution < -0.4 is 27.4 Å². The Bertz CT molecular complexity index is 742. The fourth-order valence-electron chi connectivity index (χ4n) is 2.88. The summed E-state index contributed by atoms with van der Waals surface area (Å²) in [6.45, 7) is 7.01. The zero-order valence-corrected chi connectivity index (χ0v) is 19.3. The summed E-state index contributed by atoms with van der Waals surface area (Å²) in [7, 11) is 0. The normalized spacial score (nSPS) is 15.5. The van der Waals surface area contributed by atoms with Crippen LogP contribution in [0.3, 0.4) is 0 Å². The van der Waals surface area contributed by atoms with E-state index in [0.29, 0.717) is 6.42 Å². The summed E-state index contributed by atoms with van der Waals surface area (Å²) < 4.78 is 0. The summed E-state index contributed by atoms with van der Waals surface area (Å²) >= 11 is 0. The van der Waals surface area contributed by atoms with Crippen molar-refractivity contribution in [3.8, 4) is 0 Å². The SMILES string of the molecule is CCC(C)C(NC(=O)C(N)CC(=O)O)C(=O)NC(CC(C)C)C(=O)NC(CC(N)=O)C(=O)O. The largest absolute Gasteiger partial charge is 0.481 e. The van der Waals surface area contributed by atoms with E-state index in [-0.39, 0.29) is 12.3 Å². The van der Waals surface area contributed by atoms with Gasteiger partial charge >= 0.3 is 11.9 Å². The molecule has 0 rings (SSSR count). The topological polar surface area (TPSA) is 231 Å². The molecule has 13 heteroatoms. The third-order valence-electron chi connectivity index (χ3n) is 4.88. The highest BCUT2D eigenvalue weighted by molar-refractivity contribution is 5.95. The highest BCUT2D eigenvalue weighted by Crippen LogP contribution is 2.11. The average molecular weight is 474 g/mol. The number of hydrogen-bond acceptors (Lipinski definition) is 7. The highest BCUT2D eigenvalue weighted by Gasteiger charge is 2.33. The number of rotatable bonds is 15. The van der Waals surface area contributed by atoms with E-state index in [1.54, 1.807) is 27.7 Å². The van der Waals surface area contributed by atoms with Crippen LogP contribution in [0, 0.1) is 11.8 Å². The number of amides is 4. The molecule has 0 aliphatic rings. The van der Waals surface area contributed by atoms with Gasteiger partial charge in [0.25, 0.3) is 0 Å². The van der Waals surface area contributed by atoms with Gasteiger partial charge in [-0.3, -0.25) is 24.0 Å². The maximum atomic E-state index is 13.0. The minimum Gasteiger partial charge on any atom is -0.481 e. The van der Waals surface area contributed by atoms with Gasteiger partial charge < -0.3 is 37.6 Å². The lowest BCUT2D eigenvalue weighted by Crippen LogP contribution is -2.59. The highest BCUT2D eigenvalue weighted by atomic mass is 16.4. The molecule has 0 aliphatic carbocycles. The first-order valence-electron chi connectivity index (χ1n) is 10.6. The lowest BCUT2D eigenvalue weighted by Gasteiger charge is -2.28. The van der Waals surface area contributed by atoms with Crippen LogP contribution in [0.15, 0.2) is 0 Å². The van der Waals surface area contributed by atoms with E-state index in [1.165, 1.54) is 0 Å². The zero-order chi connectivity index (χ0) is 25.9. The van der Waals surface area contributed by atoms with Gasteiger partial charge in [0.2, 0.25) is 23.6 Å². The van der Waals surface area contributed by atoms with E-state index in [9.17, 15) is 33.9 Å². The van der Waals surface area contributed by atoms with Crippen molar-refractivity contribution in [2.24, 2.45) is 23.3 Å². The number of carbonyl (C=O) groups excluding carboxylic acids is 4. The number of hydrogen-bond donors (Lipinski definition) is 7. The van der Waals surface area contributed by atoms with E-state index in [1.807, 2.05) is 0 Å². The number of carboxylic acid groups (broad SMARTS) is 2. The van der Waals surface area contributed by atoms with Crippen molar-refractivity contribution < 1.29 is 39.0 Å². The molecule has 0 aromatic heterocycles. The Morgan fingerprint density at radius 1 is 0.818 bits per heavy atom. The van der Waals surface area contributed by atoms with Crippen LogP contribution in [0.4, 0.5) is 0 Å². The number of aliphatic carboxylic acids is 2. The minimum absolute atomic E-state index is 0.0823. The molecule has 0 spiro atoms. The van der Waals surface area contributed by atoms with E-state index in [4.69, 9.17) is 16.6 Å². The Labute approximate surface area is 192 Å². The van der Waals surface area contributed by atoms with E-state index >= 15 is 0 Å². The maximum Gasteiger partial charge on any atom is 0.326 e. The molecule has 188 valence electrons. The van der Waals surface area contributed by atoms with Crippen molar-refractivity contribution in [3.05, 3.63) is 0 Å². The van der Waals surface area contributed by atoms with Crippen molar-refractivity contribution in [1.82, 2.24) is 16.0 Å². The molecular weight excluding hydrogens is 438 g/mol. The van der Waals surface area contributed by atoms with Crippen LogP contribution in [0.2, 0.25) is 0 Å². The molecule has 0 aromatic rings. The first-order chi connectivity index (χ1) is 15.2. The maximum absolute atomic E-state index is 13.0. The molecule has 13 nitrogen and oxygen atoms in total. The number of nitrogens with one attached hydrogen (secondary N) is 3. The van der Waals surface area contributed by atoms with Gasteiger partial charge in [-0.25, -0.2) is 4.79 Å². The van der Waals surface area contributed by atoms with Gasteiger partial charge in [-0.15, -0.1) is 0 Å². The van der Waals surface area contributed by atoms with Gasteiger partial charge in [-0.2, -0.15) is 0 Å². The second-order valence-corrected chi connectivity index (χ2v) is 8.34. The Hall–Kier alpha value is -3.22. The van der Waals surface area contributed by atoms with Gasteiger partial charge in [-0.1, -0.05) is 34.1 Å². The number of carboxylic acids is 2. The van der Waals surface area contributed by atoms with Crippen LogP contribution >= 0.6 is 0 Å². The summed E-state index contributed by atoms with van der Waals surface area (Å²) in [4.78, 5) is 71.2. The molecule has 4 amide bonds.